The summed E-state index contributed by atoms with van der Waals surface area (Å²) in [7, 11) is -3.39. The second-order valence-electron chi connectivity index (χ2n) is 5.12. The highest BCUT2D eigenvalue weighted by atomic mass is 32.2. The van der Waals surface area contributed by atoms with Crippen LogP contribution < -0.4 is 20.7 Å². The molecule has 0 aromatic heterocycles. The Bertz CT molecular complexity index is 688. The van der Waals surface area contributed by atoms with Crippen molar-refractivity contribution in [2.75, 3.05) is 22.8 Å². The van der Waals surface area contributed by atoms with Crippen LogP contribution in [0.5, 0.6) is 0 Å². The molecule has 1 aromatic carbocycles. The first-order chi connectivity index (χ1) is 10.6. The third-order valence-electron chi connectivity index (χ3n) is 2.88. The number of urea groups is 1. The molecule has 0 aliphatic heterocycles. The van der Waals surface area contributed by atoms with Gasteiger partial charge in [-0.25, -0.2) is 13.2 Å². The molecule has 0 aliphatic rings. The van der Waals surface area contributed by atoms with Gasteiger partial charge in [-0.05, 0) is 38.5 Å². The molecule has 1 rings (SSSR count). The van der Waals surface area contributed by atoms with Crippen molar-refractivity contribution in [3.05, 3.63) is 23.8 Å². The van der Waals surface area contributed by atoms with Crippen LogP contribution >= 0.6 is 0 Å². The Kier molecular flexibility index (Phi) is 6.38. The van der Waals surface area contributed by atoms with Gasteiger partial charge in [0.15, 0.2) is 0 Å². The van der Waals surface area contributed by atoms with E-state index in [9.17, 15) is 18.0 Å². The second kappa shape index (κ2) is 7.82. The van der Waals surface area contributed by atoms with Gasteiger partial charge in [-0.15, -0.1) is 0 Å². The number of anilines is 2. The molecule has 4 N–H and O–H groups in total. The van der Waals surface area contributed by atoms with Gasteiger partial charge in [0.1, 0.15) is 6.04 Å². The number of hydrogen-bond donors (Lipinski definition) is 4. The SMILES string of the molecule is CCNC(=O)NC(=O)[C@@H](C)Nc1ccc(C)c(NS(C)(=O)=O)c1. The third-order valence-corrected chi connectivity index (χ3v) is 3.47. The molecule has 1 atom stereocenters. The Hall–Kier alpha value is -2.29. The second-order valence-corrected chi connectivity index (χ2v) is 6.87. The Morgan fingerprint density at radius 3 is 2.48 bits per heavy atom. The monoisotopic (exact) mass is 342 g/mol. The first kappa shape index (κ1) is 18.8. The topological polar surface area (TPSA) is 116 Å². The summed E-state index contributed by atoms with van der Waals surface area (Å²) in [5.41, 5.74) is 1.73. The summed E-state index contributed by atoms with van der Waals surface area (Å²) in [4.78, 5) is 23.2. The van der Waals surface area contributed by atoms with E-state index in [1.807, 2.05) is 0 Å². The number of rotatable bonds is 6. The number of hydrogen-bond acceptors (Lipinski definition) is 5. The zero-order chi connectivity index (χ0) is 17.6. The van der Waals surface area contributed by atoms with Crippen molar-refractivity contribution in [3.8, 4) is 0 Å². The molecule has 0 aliphatic carbocycles. The molecule has 0 heterocycles. The molecule has 9 heteroatoms. The van der Waals surface area contributed by atoms with Crippen LogP contribution in [0.4, 0.5) is 16.2 Å². The van der Waals surface area contributed by atoms with Crippen molar-refractivity contribution in [3.63, 3.8) is 0 Å². The molecule has 1 aromatic rings. The Morgan fingerprint density at radius 2 is 1.91 bits per heavy atom. The summed E-state index contributed by atoms with van der Waals surface area (Å²) in [6.45, 7) is 5.52. The molecule has 0 unspecified atom stereocenters. The lowest BCUT2D eigenvalue weighted by atomic mass is 10.1. The van der Waals surface area contributed by atoms with Crippen molar-refractivity contribution in [1.29, 1.82) is 0 Å². The van der Waals surface area contributed by atoms with Gasteiger partial charge in [0, 0.05) is 12.2 Å². The Labute approximate surface area is 136 Å². The molecule has 0 spiro atoms. The maximum Gasteiger partial charge on any atom is 0.321 e. The molecular weight excluding hydrogens is 320 g/mol. The quantitative estimate of drug-likeness (QED) is 0.616. The van der Waals surface area contributed by atoms with E-state index >= 15 is 0 Å². The largest absolute Gasteiger partial charge is 0.374 e. The minimum Gasteiger partial charge on any atom is -0.374 e. The van der Waals surface area contributed by atoms with Gasteiger partial charge in [-0.1, -0.05) is 6.07 Å². The van der Waals surface area contributed by atoms with Crippen LogP contribution in [0.15, 0.2) is 18.2 Å². The average Bonchev–Trinajstić information content (AvgIpc) is 2.41. The van der Waals surface area contributed by atoms with Gasteiger partial charge in [0.25, 0.3) is 0 Å². The summed E-state index contributed by atoms with van der Waals surface area (Å²) in [5.74, 6) is -0.492. The number of carbonyl (C=O) groups is 2. The van der Waals surface area contributed by atoms with E-state index in [4.69, 9.17) is 0 Å². The fourth-order valence-corrected chi connectivity index (χ4v) is 2.38. The number of benzene rings is 1. The van der Waals surface area contributed by atoms with E-state index in [1.54, 1.807) is 39.0 Å². The fourth-order valence-electron chi connectivity index (χ4n) is 1.76. The highest BCUT2D eigenvalue weighted by Gasteiger charge is 2.16. The predicted octanol–water partition coefficient (Wildman–Crippen LogP) is 1.01. The number of nitrogens with one attached hydrogen (secondary N) is 4. The molecule has 0 radical (unpaired) electrons. The molecule has 23 heavy (non-hydrogen) atoms. The maximum absolute atomic E-state index is 11.9. The van der Waals surface area contributed by atoms with Gasteiger partial charge in [-0.2, -0.15) is 0 Å². The summed E-state index contributed by atoms with van der Waals surface area (Å²) >= 11 is 0. The van der Waals surface area contributed by atoms with E-state index in [2.05, 4.69) is 20.7 Å². The van der Waals surface area contributed by atoms with E-state index in [-0.39, 0.29) is 0 Å². The van der Waals surface area contributed by atoms with Crippen LogP contribution in [0.25, 0.3) is 0 Å². The average molecular weight is 342 g/mol. The lowest BCUT2D eigenvalue weighted by Crippen LogP contribution is -2.45. The molecular formula is C14H22N4O4S. The van der Waals surface area contributed by atoms with Crippen molar-refractivity contribution in [2.45, 2.75) is 26.8 Å². The minimum absolute atomic E-state index is 0.416. The predicted molar refractivity (Wildman–Crippen MR) is 89.9 cm³/mol. The van der Waals surface area contributed by atoms with E-state index < -0.39 is 28.0 Å². The first-order valence-electron chi connectivity index (χ1n) is 7.06. The van der Waals surface area contributed by atoms with Crippen molar-refractivity contribution < 1.29 is 18.0 Å². The van der Waals surface area contributed by atoms with E-state index in [1.165, 1.54) is 0 Å². The highest BCUT2D eigenvalue weighted by Crippen LogP contribution is 2.21. The lowest BCUT2D eigenvalue weighted by molar-refractivity contribution is -0.120. The summed E-state index contributed by atoms with van der Waals surface area (Å²) in [6.07, 6.45) is 1.06. The normalized spacial score (nSPS) is 12.2. The number of carbonyl (C=O) groups excluding carboxylic acids is 2. The summed E-state index contributed by atoms with van der Waals surface area (Å²) in [6, 6.07) is 3.80. The van der Waals surface area contributed by atoms with Crippen molar-refractivity contribution in [2.24, 2.45) is 0 Å². The minimum atomic E-state index is -3.39. The Balaban J connectivity index is 2.78. The third kappa shape index (κ3) is 6.55. The van der Waals surface area contributed by atoms with Gasteiger partial charge in [0.2, 0.25) is 15.9 Å². The number of aryl methyl sites for hydroxylation is 1. The van der Waals surface area contributed by atoms with E-state index in [0.29, 0.717) is 17.9 Å². The Morgan fingerprint density at radius 1 is 1.26 bits per heavy atom. The molecule has 128 valence electrons. The molecule has 3 amide bonds. The van der Waals surface area contributed by atoms with E-state index in [0.717, 1.165) is 11.8 Å². The van der Waals surface area contributed by atoms with Crippen molar-refractivity contribution >= 4 is 33.3 Å². The van der Waals surface area contributed by atoms with Crippen LogP contribution in [0, 0.1) is 6.92 Å². The van der Waals surface area contributed by atoms with Crippen LogP contribution in [0.3, 0.4) is 0 Å². The molecule has 0 saturated carbocycles. The first-order valence-corrected chi connectivity index (χ1v) is 8.95. The molecule has 0 bridgehead atoms. The fraction of sp³-hybridized carbons (Fsp3) is 0.429. The van der Waals surface area contributed by atoms with Gasteiger partial charge >= 0.3 is 6.03 Å². The summed E-state index contributed by atoms with van der Waals surface area (Å²) < 4.78 is 25.1. The maximum atomic E-state index is 11.9. The zero-order valence-electron chi connectivity index (χ0n) is 13.6. The van der Waals surface area contributed by atoms with Crippen LogP contribution in [0.2, 0.25) is 0 Å². The molecule has 8 nitrogen and oxygen atoms in total. The number of amides is 3. The smallest absolute Gasteiger partial charge is 0.321 e. The van der Waals surface area contributed by atoms with Gasteiger partial charge < -0.3 is 10.6 Å². The van der Waals surface area contributed by atoms with Gasteiger partial charge in [-0.3, -0.25) is 14.8 Å². The molecule has 0 fully saturated rings. The molecule has 0 saturated heterocycles. The van der Waals surface area contributed by atoms with Crippen LogP contribution in [0.1, 0.15) is 19.4 Å². The number of imide groups is 1. The lowest BCUT2D eigenvalue weighted by Gasteiger charge is -2.16. The van der Waals surface area contributed by atoms with Crippen LogP contribution in [-0.2, 0) is 14.8 Å². The zero-order valence-corrected chi connectivity index (χ0v) is 14.4. The van der Waals surface area contributed by atoms with Crippen LogP contribution in [-0.4, -0.2) is 39.2 Å². The summed E-state index contributed by atoms with van der Waals surface area (Å²) in [5, 5.41) is 7.58. The highest BCUT2D eigenvalue weighted by molar-refractivity contribution is 7.92. The van der Waals surface area contributed by atoms with Crippen molar-refractivity contribution in [1.82, 2.24) is 10.6 Å². The standard InChI is InChI=1S/C14H22N4O4S/c1-5-15-14(20)17-13(19)10(3)16-11-7-6-9(2)12(8-11)18-23(4,21)22/h6-8,10,16,18H,5H2,1-4H3,(H2,15,17,19,20)/t10-/m1/s1. The van der Waals surface area contributed by atoms with Gasteiger partial charge in [0.05, 0.1) is 11.9 Å². The number of sulfonamides is 1.